The van der Waals surface area contributed by atoms with E-state index in [2.05, 4.69) is 31.3 Å². The number of H-pyrrole nitrogens is 1. The molecule has 2 N–H and O–H groups in total. The van der Waals surface area contributed by atoms with Gasteiger partial charge in [0.25, 0.3) is 0 Å². The van der Waals surface area contributed by atoms with E-state index < -0.39 is 12.8 Å². The highest BCUT2D eigenvalue weighted by Crippen LogP contribution is 2.30. The highest BCUT2D eigenvalue weighted by Gasteiger charge is 2.30. The first-order chi connectivity index (χ1) is 17.2. The van der Waals surface area contributed by atoms with Crippen molar-refractivity contribution >= 4 is 22.9 Å². The maximum absolute atomic E-state index is 12.7. The van der Waals surface area contributed by atoms with Crippen LogP contribution in [0.5, 0.6) is 6.01 Å². The Bertz CT molecular complexity index is 1340. The first-order valence-electron chi connectivity index (χ1n) is 11.7. The van der Waals surface area contributed by atoms with Gasteiger partial charge in [-0.15, -0.1) is 0 Å². The second-order valence-corrected chi connectivity index (χ2v) is 8.92. The summed E-state index contributed by atoms with van der Waals surface area (Å²) in [5.74, 6) is 2.95. The average Bonchev–Trinajstić information content (AvgIpc) is 3.46. The van der Waals surface area contributed by atoms with Crippen LogP contribution < -0.4 is 15.0 Å². The van der Waals surface area contributed by atoms with Crippen LogP contribution in [0.1, 0.15) is 41.7 Å². The average molecular weight is 502 g/mol. The molecule has 0 amide bonds. The zero-order valence-electron chi connectivity index (χ0n) is 19.9. The Balaban J connectivity index is 1.30. The highest BCUT2D eigenvalue weighted by molar-refractivity contribution is 5.75. The molecular formula is C24H26F3N7O2. The summed E-state index contributed by atoms with van der Waals surface area (Å²) in [6.45, 7) is 3.86. The number of aryl methyl sites for hydroxylation is 2. The molecule has 190 valence electrons. The van der Waals surface area contributed by atoms with Crippen molar-refractivity contribution in [2.75, 3.05) is 29.9 Å². The summed E-state index contributed by atoms with van der Waals surface area (Å²) in [5.41, 5.74) is 3.10. The third kappa shape index (κ3) is 5.69. The van der Waals surface area contributed by atoms with Gasteiger partial charge in [-0.2, -0.15) is 28.1 Å². The summed E-state index contributed by atoms with van der Waals surface area (Å²) in [6.07, 6.45) is -2.93. The van der Waals surface area contributed by atoms with Crippen LogP contribution >= 0.6 is 0 Å². The smallest absolute Gasteiger partial charge is 0.422 e. The number of halogens is 3. The van der Waals surface area contributed by atoms with Gasteiger partial charge in [0, 0.05) is 19.0 Å². The molecule has 1 aliphatic rings. The van der Waals surface area contributed by atoms with E-state index >= 15 is 0 Å². The lowest BCUT2D eigenvalue weighted by Crippen LogP contribution is -2.35. The van der Waals surface area contributed by atoms with E-state index in [-0.39, 0.29) is 30.4 Å². The van der Waals surface area contributed by atoms with E-state index in [4.69, 9.17) is 14.1 Å². The van der Waals surface area contributed by atoms with Gasteiger partial charge in [-0.25, -0.2) is 4.98 Å². The van der Waals surface area contributed by atoms with E-state index in [1.165, 1.54) is 0 Å². The number of benzene rings is 1. The molecule has 0 aliphatic carbocycles. The number of hydrogen-bond donors (Lipinski definition) is 2. The van der Waals surface area contributed by atoms with Gasteiger partial charge in [0.2, 0.25) is 11.9 Å². The molecule has 0 saturated carbocycles. The molecule has 1 saturated heterocycles. The van der Waals surface area contributed by atoms with Crippen LogP contribution in [0.4, 0.5) is 25.1 Å². The molecule has 4 aromatic rings. The van der Waals surface area contributed by atoms with Crippen molar-refractivity contribution in [3.8, 4) is 6.01 Å². The number of piperidine rings is 1. The molecular weight excluding hydrogens is 475 g/mol. The van der Waals surface area contributed by atoms with Gasteiger partial charge in [0.15, 0.2) is 6.61 Å². The monoisotopic (exact) mass is 501 g/mol. The van der Waals surface area contributed by atoms with E-state index in [1.54, 1.807) is 6.07 Å². The number of anilines is 2. The first kappa shape index (κ1) is 23.9. The molecule has 0 bridgehead atoms. The molecule has 12 heteroatoms. The van der Waals surface area contributed by atoms with Gasteiger partial charge >= 0.3 is 12.2 Å². The van der Waals surface area contributed by atoms with Crippen LogP contribution in [0.3, 0.4) is 0 Å². The summed E-state index contributed by atoms with van der Waals surface area (Å²) in [6, 6.07) is 9.37. The molecule has 1 aliphatic heterocycles. The van der Waals surface area contributed by atoms with Crippen LogP contribution in [0.15, 0.2) is 34.7 Å². The van der Waals surface area contributed by atoms with Crippen LogP contribution in [0, 0.1) is 13.8 Å². The zero-order valence-corrected chi connectivity index (χ0v) is 19.9. The summed E-state index contributed by atoms with van der Waals surface area (Å²) in [4.78, 5) is 22.7. The minimum absolute atomic E-state index is 0.112. The number of fused-ring (bicyclic) bond motifs is 1. The molecule has 1 aromatic carbocycles. The number of alkyl halides is 3. The molecule has 0 atom stereocenters. The standard InChI is InChI=1S/C24H26F3N7O2/c1-14-3-6-18-19(11-14)30-20(29-18)16-7-9-34(10-8-16)22-31-21(28-12-17-5-4-15(2)36-17)32-23(33-22)35-13-24(25,26)27/h3-6,11,16H,7-10,12-13H2,1-2H3,(H,29,30)(H,28,31,32,33). The van der Waals surface area contributed by atoms with Gasteiger partial charge in [-0.1, -0.05) is 6.07 Å². The van der Waals surface area contributed by atoms with Crippen LogP contribution in [0.2, 0.25) is 0 Å². The van der Waals surface area contributed by atoms with Crippen molar-refractivity contribution in [2.24, 2.45) is 0 Å². The Hall–Kier alpha value is -3.83. The molecule has 0 radical (unpaired) electrons. The minimum atomic E-state index is -4.50. The minimum Gasteiger partial charge on any atom is -0.465 e. The second-order valence-electron chi connectivity index (χ2n) is 8.92. The van der Waals surface area contributed by atoms with Gasteiger partial charge in [-0.05, 0) is 56.5 Å². The highest BCUT2D eigenvalue weighted by atomic mass is 19.4. The van der Waals surface area contributed by atoms with E-state index in [0.29, 0.717) is 18.8 Å². The number of rotatable bonds is 7. The number of ether oxygens (including phenoxy) is 1. The zero-order chi connectivity index (χ0) is 25.3. The summed E-state index contributed by atoms with van der Waals surface area (Å²) >= 11 is 0. The predicted molar refractivity (Wildman–Crippen MR) is 127 cm³/mol. The fraction of sp³-hybridized carbons (Fsp3) is 0.417. The number of furan rings is 1. The van der Waals surface area contributed by atoms with Crippen LogP contribution in [-0.2, 0) is 6.54 Å². The van der Waals surface area contributed by atoms with Crippen molar-refractivity contribution in [1.82, 2.24) is 24.9 Å². The van der Waals surface area contributed by atoms with Crippen molar-refractivity contribution in [2.45, 2.75) is 45.3 Å². The molecule has 3 aromatic heterocycles. The SMILES string of the molecule is Cc1ccc2[nH]c(C3CCN(c4nc(NCc5ccc(C)o5)nc(OCC(F)(F)F)n4)CC3)nc2c1. The van der Waals surface area contributed by atoms with Crippen LogP contribution in [-0.4, -0.2) is 50.8 Å². The normalized spacial score (nSPS) is 15.0. The maximum Gasteiger partial charge on any atom is 0.422 e. The molecule has 0 unspecified atom stereocenters. The summed E-state index contributed by atoms with van der Waals surface area (Å²) in [5, 5.41) is 2.99. The molecule has 9 nitrogen and oxygen atoms in total. The molecule has 1 fully saturated rings. The molecule has 36 heavy (non-hydrogen) atoms. The van der Waals surface area contributed by atoms with Gasteiger partial charge in [0.1, 0.15) is 17.3 Å². The van der Waals surface area contributed by atoms with Crippen molar-refractivity contribution in [3.63, 3.8) is 0 Å². The Morgan fingerprint density at radius 3 is 2.61 bits per heavy atom. The number of hydrogen-bond acceptors (Lipinski definition) is 8. The number of nitrogens with zero attached hydrogens (tertiary/aromatic N) is 5. The van der Waals surface area contributed by atoms with Crippen molar-refractivity contribution in [1.29, 1.82) is 0 Å². The lowest BCUT2D eigenvalue weighted by Gasteiger charge is -2.31. The quantitative estimate of drug-likeness (QED) is 0.369. The summed E-state index contributed by atoms with van der Waals surface area (Å²) in [7, 11) is 0. The van der Waals surface area contributed by atoms with Crippen molar-refractivity contribution in [3.05, 3.63) is 53.2 Å². The first-order valence-corrected chi connectivity index (χ1v) is 11.7. The molecule has 0 spiro atoms. The van der Waals surface area contributed by atoms with Crippen molar-refractivity contribution < 1.29 is 22.3 Å². The third-order valence-electron chi connectivity index (χ3n) is 6.01. The predicted octanol–water partition coefficient (Wildman–Crippen LogP) is 4.89. The fourth-order valence-electron chi connectivity index (χ4n) is 4.21. The lowest BCUT2D eigenvalue weighted by molar-refractivity contribution is -0.154. The maximum atomic E-state index is 12.7. The third-order valence-corrected chi connectivity index (χ3v) is 6.01. The Labute approximate surface area is 205 Å². The second kappa shape index (κ2) is 9.67. The number of imidazole rings is 1. The number of aromatic amines is 1. The summed E-state index contributed by atoms with van der Waals surface area (Å²) < 4.78 is 48.5. The van der Waals surface area contributed by atoms with Crippen LogP contribution in [0.25, 0.3) is 11.0 Å². The lowest BCUT2D eigenvalue weighted by atomic mass is 9.96. The van der Waals surface area contributed by atoms with E-state index in [1.807, 2.05) is 36.9 Å². The van der Waals surface area contributed by atoms with E-state index in [0.717, 1.165) is 41.0 Å². The van der Waals surface area contributed by atoms with E-state index in [9.17, 15) is 13.2 Å². The Morgan fingerprint density at radius 2 is 1.89 bits per heavy atom. The Morgan fingerprint density at radius 1 is 1.08 bits per heavy atom. The van der Waals surface area contributed by atoms with Gasteiger partial charge in [0.05, 0.1) is 17.6 Å². The molecule has 5 rings (SSSR count). The fourth-order valence-corrected chi connectivity index (χ4v) is 4.21. The number of aromatic nitrogens is 5. The largest absolute Gasteiger partial charge is 0.465 e. The Kier molecular flexibility index (Phi) is 6.42. The van der Waals surface area contributed by atoms with Gasteiger partial charge < -0.3 is 24.4 Å². The number of nitrogens with one attached hydrogen (secondary N) is 2. The molecule has 4 heterocycles. The topological polar surface area (TPSA) is 105 Å². The van der Waals surface area contributed by atoms with Gasteiger partial charge in [-0.3, -0.25) is 0 Å².